The molecular weight excluding hydrogens is 479 g/mol. The first-order valence-electron chi connectivity index (χ1n) is 10.5. The number of benzene rings is 2. The van der Waals surface area contributed by atoms with E-state index in [4.69, 9.17) is 0 Å². The fraction of sp³-hybridized carbons (Fsp3) is 0.200. The number of sulfone groups is 1. The van der Waals surface area contributed by atoms with Crippen LogP contribution in [0, 0.1) is 0 Å². The summed E-state index contributed by atoms with van der Waals surface area (Å²) in [7, 11) is -3.38. The second-order valence-corrected chi connectivity index (χ2v) is 10.7. The van der Waals surface area contributed by atoms with E-state index in [1.54, 1.807) is 42.5 Å². The van der Waals surface area contributed by atoms with E-state index in [1.807, 2.05) is 0 Å². The minimum atomic E-state index is -4.66. The zero-order valence-electron chi connectivity index (χ0n) is 19.1. The molecule has 0 fully saturated rings. The monoisotopic (exact) mass is 501 g/mol. The zero-order valence-corrected chi connectivity index (χ0v) is 19.9. The van der Waals surface area contributed by atoms with Gasteiger partial charge in [-0.05, 0) is 55.3 Å². The molecule has 182 valence electrons. The van der Waals surface area contributed by atoms with Crippen LogP contribution in [0.4, 0.5) is 13.2 Å². The molecule has 0 saturated heterocycles. The first-order valence-corrected chi connectivity index (χ1v) is 12.4. The molecule has 1 N–H and O–H groups in total. The number of alkyl halides is 3. The number of hydrogen-bond donors (Lipinski definition) is 1. The number of aromatic nitrogens is 3. The molecule has 0 atom stereocenters. The van der Waals surface area contributed by atoms with Crippen LogP contribution in [0.5, 0.6) is 0 Å². The summed E-state index contributed by atoms with van der Waals surface area (Å²) in [6.45, 7) is 2.98. The maximum atomic E-state index is 13.7. The van der Waals surface area contributed by atoms with E-state index in [9.17, 15) is 26.7 Å². The van der Waals surface area contributed by atoms with Gasteiger partial charge >= 0.3 is 6.18 Å². The Bertz CT molecular complexity index is 1490. The molecule has 0 bridgehead atoms. The van der Waals surface area contributed by atoms with Crippen LogP contribution >= 0.6 is 0 Å². The summed E-state index contributed by atoms with van der Waals surface area (Å²) in [4.78, 5) is 4.12. The number of hydrogen-bond acceptors (Lipinski definition) is 5. The van der Waals surface area contributed by atoms with Gasteiger partial charge in [0.25, 0.3) is 0 Å². The number of pyridine rings is 1. The second kappa shape index (κ2) is 8.62. The van der Waals surface area contributed by atoms with Gasteiger partial charge in [-0.2, -0.15) is 18.3 Å². The fourth-order valence-electron chi connectivity index (χ4n) is 3.57. The molecule has 4 aromatic rings. The summed E-state index contributed by atoms with van der Waals surface area (Å²) in [5.74, 6) is -0.407. The molecule has 0 unspecified atom stereocenters. The first-order chi connectivity index (χ1) is 16.2. The number of rotatable bonds is 5. The quantitative estimate of drug-likeness (QED) is 0.404. The van der Waals surface area contributed by atoms with Crippen molar-refractivity contribution in [2.24, 2.45) is 0 Å². The van der Waals surface area contributed by atoms with Crippen molar-refractivity contribution in [3.8, 4) is 28.2 Å². The number of halogens is 3. The lowest BCUT2D eigenvalue weighted by Gasteiger charge is -2.15. The average molecular weight is 502 g/mol. The van der Waals surface area contributed by atoms with Crippen molar-refractivity contribution in [1.29, 1.82) is 0 Å². The highest BCUT2D eigenvalue weighted by Gasteiger charge is 2.36. The van der Waals surface area contributed by atoms with Gasteiger partial charge in [0.05, 0.1) is 16.3 Å². The van der Waals surface area contributed by atoms with Crippen LogP contribution in [0.2, 0.25) is 0 Å². The van der Waals surface area contributed by atoms with Crippen LogP contribution < -0.4 is 0 Å². The van der Waals surface area contributed by atoms with Crippen molar-refractivity contribution in [3.05, 3.63) is 84.2 Å². The van der Waals surface area contributed by atoms with Crippen LogP contribution in [0.15, 0.2) is 77.8 Å². The molecule has 2 aromatic carbocycles. The third kappa shape index (κ3) is 5.13. The summed E-state index contributed by atoms with van der Waals surface area (Å²) in [5, 5.41) is 14.7. The summed E-state index contributed by atoms with van der Waals surface area (Å²) in [5.41, 5.74) is 0.0601. The van der Waals surface area contributed by atoms with Crippen molar-refractivity contribution >= 4 is 9.84 Å². The molecular formula is C25H22F3N3O3S. The lowest BCUT2D eigenvalue weighted by Crippen LogP contribution is -2.18. The van der Waals surface area contributed by atoms with Crippen LogP contribution in [0.1, 0.15) is 25.1 Å². The third-order valence-corrected chi connectivity index (χ3v) is 6.52. The van der Waals surface area contributed by atoms with Crippen LogP contribution in [-0.4, -0.2) is 34.5 Å². The minimum Gasteiger partial charge on any atom is -0.384 e. The Morgan fingerprint density at radius 1 is 0.886 bits per heavy atom. The van der Waals surface area contributed by atoms with E-state index in [2.05, 4.69) is 10.1 Å². The molecule has 2 aromatic heterocycles. The molecule has 0 aliphatic rings. The van der Waals surface area contributed by atoms with E-state index in [0.29, 0.717) is 16.8 Å². The molecule has 6 nitrogen and oxygen atoms in total. The van der Waals surface area contributed by atoms with Gasteiger partial charge in [-0.25, -0.2) is 18.1 Å². The van der Waals surface area contributed by atoms with Crippen molar-refractivity contribution in [2.45, 2.75) is 30.5 Å². The smallest absolute Gasteiger partial charge is 0.384 e. The molecule has 35 heavy (non-hydrogen) atoms. The lowest BCUT2D eigenvalue weighted by atomic mass is 10.0. The number of aliphatic hydroxyl groups is 1. The highest BCUT2D eigenvalue weighted by Crippen LogP contribution is 2.36. The zero-order chi connectivity index (χ0) is 25.6. The maximum absolute atomic E-state index is 13.7. The topological polar surface area (TPSA) is 85.1 Å². The second-order valence-electron chi connectivity index (χ2n) is 8.64. The van der Waals surface area contributed by atoms with Gasteiger partial charge in [0, 0.05) is 18.0 Å². The van der Waals surface area contributed by atoms with Crippen molar-refractivity contribution in [1.82, 2.24) is 14.8 Å². The van der Waals surface area contributed by atoms with Crippen LogP contribution in [-0.2, 0) is 21.6 Å². The van der Waals surface area contributed by atoms with Crippen molar-refractivity contribution < 1.29 is 26.7 Å². The standard InChI is InChI=1S/C25H22F3N3O3S/c1-24(2,32)22-15-21(31(30-22)23-20(25(26,27)28)8-5-13-29-23)17-11-9-16(10-12-17)18-6-4-7-19(14-18)35(3,33)34/h4-15,32H,1-3H3. The van der Waals surface area contributed by atoms with Gasteiger partial charge in [0.15, 0.2) is 15.7 Å². The minimum absolute atomic E-state index is 0.177. The largest absolute Gasteiger partial charge is 0.420 e. The summed E-state index contributed by atoms with van der Waals surface area (Å²) >= 11 is 0. The molecule has 0 spiro atoms. The Morgan fingerprint density at radius 3 is 2.14 bits per heavy atom. The first kappa shape index (κ1) is 24.6. The fourth-order valence-corrected chi connectivity index (χ4v) is 4.24. The molecule has 0 radical (unpaired) electrons. The average Bonchev–Trinajstić information content (AvgIpc) is 3.24. The van der Waals surface area contributed by atoms with Crippen LogP contribution in [0.25, 0.3) is 28.2 Å². The molecule has 0 aliphatic carbocycles. The number of nitrogens with zero attached hydrogens (tertiary/aromatic N) is 3. The van der Waals surface area contributed by atoms with E-state index in [0.717, 1.165) is 22.6 Å². The van der Waals surface area contributed by atoms with Gasteiger partial charge in [-0.1, -0.05) is 36.4 Å². The summed E-state index contributed by atoms with van der Waals surface area (Å²) in [6, 6.07) is 17.0. The molecule has 0 saturated carbocycles. The van der Waals surface area contributed by atoms with Gasteiger partial charge in [-0.15, -0.1) is 0 Å². The predicted octanol–water partition coefficient (Wildman–Crippen LogP) is 5.25. The molecule has 2 heterocycles. The van der Waals surface area contributed by atoms with E-state index in [1.165, 1.54) is 38.2 Å². The Hall–Kier alpha value is -3.50. The van der Waals surface area contributed by atoms with E-state index in [-0.39, 0.29) is 10.6 Å². The lowest BCUT2D eigenvalue weighted by molar-refractivity contribution is -0.137. The Labute approximate surface area is 200 Å². The van der Waals surface area contributed by atoms with Gasteiger partial charge in [-0.3, -0.25) is 0 Å². The molecule has 0 aliphatic heterocycles. The molecule has 10 heteroatoms. The Morgan fingerprint density at radius 2 is 1.54 bits per heavy atom. The highest BCUT2D eigenvalue weighted by atomic mass is 32.2. The normalized spacial score (nSPS) is 12.7. The van der Waals surface area contributed by atoms with Crippen molar-refractivity contribution in [3.63, 3.8) is 0 Å². The predicted molar refractivity (Wildman–Crippen MR) is 126 cm³/mol. The Kier molecular flexibility index (Phi) is 6.06. The van der Waals surface area contributed by atoms with E-state index >= 15 is 0 Å². The van der Waals surface area contributed by atoms with Gasteiger partial charge in [0.2, 0.25) is 0 Å². The summed E-state index contributed by atoms with van der Waals surface area (Å²) < 4.78 is 65.9. The molecule has 4 rings (SSSR count). The van der Waals surface area contributed by atoms with Crippen molar-refractivity contribution in [2.75, 3.05) is 6.26 Å². The van der Waals surface area contributed by atoms with E-state index < -0.39 is 33.0 Å². The van der Waals surface area contributed by atoms with Gasteiger partial charge in [0.1, 0.15) is 11.2 Å². The summed E-state index contributed by atoms with van der Waals surface area (Å²) in [6.07, 6.45) is -2.28. The highest BCUT2D eigenvalue weighted by molar-refractivity contribution is 7.90. The van der Waals surface area contributed by atoms with Crippen LogP contribution in [0.3, 0.4) is 0 Å². The third-order valence-electron chi connectivity index (χ3n) is 5.41. The molecule has 0 amide bonds. The maximum Gasteiger partial charge on any atom is 0.420 e. The Balaban J connectivity index is 1.84. The SMILES string of the molecule is CC(C)(O)c1cc(-c2ccc(-c3cccc(S(C)(=O)=O)c3)cc2)n(-c2ncccc2C(F)(F)F)n1. The van der Waals surface area contributed by atoms with Gasteiger partial charge < -0.3 is 5.11 Å².